The first kappa shape index (κ1) is 12.0. The quantitative estimate of drug-likeness (QED) is 0.844. The van der Waals surface area contributed by atoms with Crippen molar-refractivity contribution in [1.82, 2.24) is 9.97 Å². The lowest BCUT2D eigenvalue weighted by Gasteiger charge is -2.17. The average molecular weight is 255 g/mol. The van der Waals surface area contributed by atoms with Crippen LogP contribution in [0.4, 0.5) is 5.95 Å². The molecule has 3 rings (SSSR count). The Hall–Kier alpha value is -2.10. The predicted octanol–water partition coefficient (Wildman–Crippen LogP) is 2.48. The van der Waals surface area contributed by atoms with E-state index in [0.29, 0.717) is 5.92 Å². The summed E-state index contributed by atoms with van der Waals surface area (Å²) in [6.07, 6.45) is 4.69. The van der Waals surface area contributed by atoms with Crippen molar-refractivity contribution in [3.8, 4) is 5.75 Å². The van der Waals surface area contributed by atoms with Crippen LogP contribution < -0.4 is 9.64 Å². The highest BCUT2D eigenvalue weighted by molar-refractivity contribution is 5.41. The number of hydrogen-bond acceptors (Lipinski definition) is 4. The van der Waals surface area contributed by atoms with Crippen LogP contribution in [-0.2, 0) is 0 Å². The summed E-state index contributed by atoms with van der Waals surface area (Å²) in [5, 5.41) is 0. The second-order valence-corrected chi connectivity index (χ2v) is 4.72. The molecule has 1 aliphatic heterocycles. The van der Waals surface area contributed by atoms with Crippen LogP contribution in [0.1, 0.15) is 17.9 Å². The van der Waals surface area contributed by atoms with Crippen LogP contribution >= 0.6 is 0 Å². The third-order valence-electron chi connectivity index (χ3n) is 3.60. The summed E-state index contributed by atoms with van der Waals surface area (Å²) in [7, 11) is 1.73. The number of nitrogens with zero attached hydrogens (tertiary/aromatic N) is 3. The van der Waals surface area contributed by atoms with Gasteiger partial charge in [0.2, 0.25) is 5.95 Å². The van der Waals surface area contributed by atoms with Crippen molar-refractivity contribution in [3.63, 3.8) is 0 Å². The van der Waals surface area contributed by atoms with Crippen LogP contribution in [0.15, 0.2) is 42.7 Å². The minimum absolute atomic E-state index is 0.486. The number of methoxy groups -OCH3 is 1. The van der Waals surface area contributed by atoms with Crippen LogP contribution in [-0.4, -0.2) is 30.2 Å². The minimum atomic E-state index is 0.486. The van der Waals surface area contributed by atoms with Gasteiger partial charge in [0.05, 0.1) is 7.11 Å². The molecule has 2 heterocycles. The van der Waals surface area contributed by atoms with E-state index in [1.54, 1.807) is 19.5 Å². The summed E-state index contributed by atoms with van der Waals surface area (Å²) < 4.78 is 5.45. The van der Waals surface area contributed by atoms with Crippen LogP contribution in [0.5, 0.6) is 5.75 Å². The van der Waals surface area contributed by atoms with Crippen LogP contribution in [0.25, 0.3) is 0 Å². The fourth-order valence-corrected chi connectivity index (χ4v) is 2.65. The Kier molecular flexibility index (Phi) is 3.31. The van der Waals surface area contributed by atoms with E-state index in [1.165, 1.54) is 5.56 Å². The Bertz CT molecular complexity index is 544. The largest absolute Gasteiger partial charge is 0.496 e. The Morgan fingerprint density at radius 2 is 1.95 bits per heavy atom. The lowest BCUT2D eigenvalue weighted by atomic mass is 9.97. The molecule has 0 spiro atoms. The molecular formula is C15H17N3O. The van der Waals surface area contributed by atoms with Gasteiger partial charge >= 0.3 is 0 Å². The van der Waals surface area contributed by atoms with Gasteiger partial charge in [0.15, 0.2) is 0 Å². The van der Waals surface area contributed by atoms with Gasteiger partial charge in [-0.2, -0.15) is 0 Å². The zero-order valence-corrected chi connectivity index (χ0v) is 11.0. The van der Waals surface area contributed by atoms with E-state index in [0.717, 1.165) is 31.2 Å². The Labute approximate surface area is 113 Å². The molecule has 0 saturated carbocycles. The lowest BCUT2D eigenvalue weighted by Crippen LogP contribution is -2.21. The van der Waals surface area contributed by atoms with E-state index in [4.69, 9.17) is 4.74 Å². The van der Waals surface area contributed by atoms with Crippen molar-refractivity contribution in [2.75, 3.05) is 25.1 Å². The molecule has 0 N–H and O–H groups in total. The third-order valence-corrected chi connectivity index (χ3v) is 3.60. The van der Waals surface area contributed by atoms with Crippen LogP contribution in [0.2, 0.25) is 0 Å². The fraction of sp³-hybridized carbons (Fsp3) is 0.333. The number of aromatic nitrogens is 2. The van der Waals surface area contributed by atoms with Crippen molar-refractivity contribution in [3.05, 3.63) is 48.3 Å². The first-order chi connectivity index (χ1) is 9.38. The molecule has 0 radical (unpaired) electrons. The normalized spacial score (nSPS) is 18.6. The molecule has 0 aliphatic carbocycles. The van der Waals surface area contributed by atoms with Gasteiger partial charge in [-0.25, -0.2) is 9.97 Å². The van der Waals surface area contributed by atoms with Crippen LogP contribution in [0, 0.1) is 0 Å². The molecule has 2 aromatic rings. The van der Waals surface area contributed by atoms with Crippen molar-refractivity contribution < 1.29 is 4.74 Å². The van der Waals surface area contributed by atoms with E-state index >= 15 is 0 Å². The molecule has 4 heteroatoms. The van der Waals surface area contributed by atoms with E-state index in [-0.39, 0.29) is 0 Å². The maximum absolute atomic E-state index is 5.45. The number of benzene rings is 1. The highest BCUT2D eigenvalue weighted by atomic mass is 16.5. The molecule has 1 aromatic carbocycles. The van der Waals surface area contributed by atoms with E-state index < -0.39 is 0 Å². The van der Waals surface area contributed by atoms with Crippen LogP contribution in [0.3, 0.4) is 0 Å². The van der Waals surface area contributed by atoms with E-state index in [2.05, 4.69) is 27.0 Å². The number of ether oxygens (including phenoxy) is 1. The van der Waals surface area contributed by atoms with Crippen molar-refractivity contribution in [1.29, 1.82) is 0 Å². The zero-order valence-electron chi connectivity index (χ0n) is 11.0. The molecule has 0 amide bonds. The minimum Gasteiger partial charge on any atom is -0.496 e. The Morgan fingerprint density at radius 1 is 1.16 bits per heavy atom. The summed E-state index contributed by atoms with van der Waals surface area (Å²) in [4.78, 5) is 10.9. The van der Waals surface area contributed by atoms with Gasteiger partial charge in [0, 0.05) is 31.4 Å². The highest BCUT2D eigenvalue weighted by Gasteiger charge is 2.27. The Balaban J connectivity index is 1.79. The molecule has 0 bridgehead atoms. The fourth-order valence-electron chi connectivity index (χ4n) is 2.65. The molecule has 1 aliphatic rings. The Morgan fingerprint density at radius 3 is 2.74 bits per heavy atom. The highest BCUT2D eigenvalue weighted by Crippen LogP contribution is 2.34. The topological polar surface area (TPSA) is 38.2 Å². The molecule has 4 nitrogen and oxygen atoms in total. The van der Waals surface area contributed by atoms with Gasteiger partial charge in [-0.1, -0.05) is 18.2 Å². The molecule has 19 heavy (non-hydrogen) atoms. The zero-order chi connectivity index (χ0) is 13.1. The monoisotopic (exact) mass is 255 g/mol. The molecule has 1 fully saturated rings. The number of para-hydroxylation sites is 1. The summed E-state index contributed by atoms with van der Waals surface area (Å²) in [5.74, 6) is 2.28. The second-order valence-electron chi connectivity index (χ2n) is 4.72. The van der Waals surface area contributed by atoms with Crippen molar-refractivity contribution in [2.24, 2.45) is 0 Å². The average Bonchev–Trinajstić information content (AvgIpc) is 2.98. The maximum atomic E-state index is 5.45. The number of rotatable bonds is 3. The van der Waals surface area contributed by atoms with Gasteiger partial charge in [-0.3, -0.25) is 0 Å². The molecule has 1 atom stereocenters. The summed E-state index contributed by atoms with van der Waals surface area (Å²) in [6.45, 7) is 1.94. The van der Waals surface area contributed by atoms with E-state index in [9.17, 15) is 0 Å². The van der Waals surface area contributed by atoms with Gasteiger partial charge in [-0.15, -0.1) is 0 Å². The molecule has 1 unspecified atom stereocenters. The molecular weight excluding hydrogens is 238 g/mol. The van der Waals surface area contributed by atoms with Gasteiger partial charge in [-0.05, 0) is 24.1 Å². The van der Waals surface area contributed by atoms with Gasteiger partial charge < -0.3 is 9.64 Å². The third kappa shape index (κ3) is 2.38. The predicted molar refractivity (Wildman–Crippen MR) is 74.6 cm³/mol. The van der Waals surface area contributed by atoms with Gasteiger partial charge in [0.25, 0.3) is 0 Å². The van der Waals surface area contributed by atoms with Crippen molar-refractivity contribution >= 4 is 5.95 Å². The first-order valence-corrected chi connectivity index (χ1v) is 6.53. The summed E-state index contributed by atoms with van der Waals surface area (Å²) in [6, 6.07) is 10.1. The maximum Gasteiger partial charge on any atom is 0.225 e. The molecule has 1 saturated heterocycles. The molecule has 98 valence electrons. The standard InChI is InChI=1S/C15H17N3O/c1-19-14-6-3-2-5-13(14)12-7-10-18(11-12)15-16-8-4-9-17-15/h2-6,8-9,12H,7,10-11H2,1H3. The second kappa shape index (κ2) is 5.26. The smallest absolute Gasteiger partial charge is 0.225 e. The summed E-state index contributed by atoms with van der Waals surface area (Å²) >= 11 is 0. The molecule has 1 aromatic heterocycles. The van der Waals surface area contributed by atoms with Gasteiger partial charge in [0.1, 0.15) is 5.75 Å². The summed E-state index contributed by atoms with van der Waals surface area (Å²) in [5.41, 5.74) is 1.28. The first-order valence-electron chi connectivity index (χ1n) is 6.53. The lowest BCUT2D eigenvalue weighted by molar-refractivity contribution is 0.406. The van der Waals surface area contributed by atoms with E-state index in [1.807, 2.05) is 18.2 Å². The van der Waals surface area contributed by atoms with Crippen molar-refractivity contribution in [2.45, 2.75) is 12.3 Å². The SMILES string of the molecule is COc1ccccc1C1CCN(c2ncccn2)C1. The number of anilines is 1. The number of hydrogen-bond donors (Lipinski definition) is 0.